The molecule has 0 bridgehead atoms. The van der Waals surface area contributed by atoms with Gasteiger partial charge in [-0.1, -0.05) is 18.2 Å². The first-order chi connectivity index (χ1) is 11.1. The first-order valence-corrected chi connectivity index (χ1v) is 9.54. The number of nitrogens with one attached hydrogen (secondary N) is 2. The van der Waals surface area contributed by atoms with Crippen LogP contribution in [0.4, 0.5) is 0 Å². The fourth-order valence-corrected chi connectivity index (χ4v) is 3.80. The van der Waals surface area contributed by atoms with Crippen LogP contribution in [0.2, 0.25) is 0 Å². The van der Waals surface area contributed by atoms with Gasteiger partial charge in [-0.25, -0.2) is 4.98 Å². The molecule has 2 rings (SSSR count). The van der Waals surface area contributed by atoms with Crippen molar-refractivity contribution in [3.63, 3.8) is 0 Å². The summed E-state index contributed by atoms with van der Waals surface area (Å²) in [5.74, 6) is 1.24. The highest BCUT2D eigenvalue weighted by atomic mass is 127. The Labute approximate surface area is 166 Å². The van der Waals surface area contributed by atoms with Crippen molar-refractivity contribution in [2.24, 2.45) is 4.99 Å². The van der Waals surface area contributed by atoms with Crippen LogP contribution in [0.25, 0.3) is 0 Å². The molecule has 1 atom stereocenters. The second-order valence-electron chi connectivity index (χ2n) is 4.96. The Bertz CT molecular complexity index is 669. The number of rotatable bonds is 6. The van der Waals surface area contributed by atoms with Crippen LogP contribution in [0.3, 0.4) is 0 Å². The molecular weight excluding hydrogens is 455 g/mol. The van der Waals surface area contributed by atoms with E-state index >= 15 is 0 Å². The molecule has 0 spiro atoms. The standard InChI is InChI=1S/C16H22N4OS2.HI/c1-12-13(2)22-15(20-12)11-19-16(17-3)18-9-10-23(21)14-7-5-4-6-8-14;/h4-8H,9-11H2,1-3H3,(H2,17,18,19);1H. The van der Waals surface area contributed by atoms with Gasteiger partial charge in [0.05, 0.1) is 23.0 Å². The van der Waals surface area contributed by atoms with Crippen molar-refractivity contribution in [2.45, 2.75) is 25.3 Å². The van der Waals surface area contributed by atoms with Gasteiger partial charge in [0, 0.05) is 29.1 Å². The molecule has 0 radical (unpaired) electrons. The molecule has 0 saturated carbocycles. The Balaban J connectivity index is 0.00000288. The summed E-state index contributed by atoms with van der Waals surface area (Å²) in [5, 5.41) is 7.45. The van der Waals surface area contributed by atoms with E-state index in [-0.39, 0.29) is 24.0 Å². The molecule has 2 N–H and O–H groups in total. The molecule has 0 fully saturated rings. The molecule has 0 saturated heterocycles. The van der Waals surface area contributed by atoms with Crippen molar-refractivity contribution in [1.82, 2.24) is 15.6 Å². The zero-order valence-electron chi connectivity index (χ0n) is 14.0. The van der Waals surface area contributed by atoms with Crippen molar-refractivity contribution in [2.75, 3.05) is 19.3 Å². The smallest absolute Gasteiger partial charge is 0.191 e. The lowest BCUT2D eigenvalue weighted by molar-refractivity contribution is 0.681. The highest BCUT2D eigenvalue weighted by Crippen LogP contribution is 2.15. The Morgan fingerprint density at radius 3 is 2.54 bits per heavy atom. The summed E-state index contributed by atoms with van der Waals surface area (Å²) in [4.78, 5) is 10.8. The van der Waals surface area contributed by atoms with E-state index in [2.05, 4.69) is 27.5 Å². The van der Waals surface area contributed by atoms with Gasteiger partial charge < -0.3 is 10.6 Å². The highest BCUT2D eigenvalue weighted by molar-refractivity contribution is 14.0. The van der Waals surface area contributed by atoms with E-state index < -0.39 is 10.8 Å². The maximum atomic E-state index is 12.1. The van der Waals surface area contributed by atoms with Gasteiger partial charge >= 0.3 is 0 Å². The van der Waals surface area contributed by atoms with Gasteiger partial charge in [-0.2, -0.15) is 0 Å². The first-order valence-electron chi connectivity index (χ1n) is 7.41. The van der Waals surface area contributed by atoms with Gasteiger partial charge in [-0.15, -0.1) is 35.3 Å². The third kappa shape index (κ3) is 6.48. The van der Waals surface area contributed by atoms with Crippen molar-refractivity contribution in [1.29, 1.82) is 0 Å². The number of halogens is 1. The van der Waals surface area contributed by atoms with Crippen molar-refractivity contribution in [3.05, 3.63) is 45.9 Å². The molecule has 24 heavy (non-hydrogen) atoms. The SMILES string of the molecule is CN=C(NCCS(=O)c1ccccc1)NCc1nc(C)c(C)s1.I. The minimum Gasteiger partial charge on any atom is -0.355 e. The number of guanidine groups is 1. The molecule has 0 amide bonds. The van der Waals surface area contributed by atoms with E-state index in [4.69, 9.17) is 0 Å². The number of aryl methyl sites for hydroxylation is 2. The van der Waals surface area contributed by atoms with Crippen LogP contribution < -0.4 is 10.6 Å². The van der Waals surface area contributed by atoms with E-state index in [1.807, 2.05) is 37.3 Å². The zero-order chi connectivity index (χ0) is 16.7. The van der Waals surface area contributed by atoms with E-state index in [0.717, 1.165) is 15.6 Å². The van der Waals surface area contributed by atoms with Gasteiger partial charge in [0.25, 0.3) is 0 Å². The monoisotopic (exact) mass is 478 g/mol. The maximum absolute atomic E-state index is 12.1. The van der Waals surface area contributed by atoms with Crippen LogP contribution in [0.1, 0.15) is 15.6 Å². The van der Waals surface area contributed by atoms with Crippen LogP contribution >= 0.6 is 35.3 Å². The van der Waals surface area contributed by atoms with E-state index in [9.17, 15) is 4.21 Å². The number of benzene rings is 1. The normalized spacial score (nSPS) is 12.4. The number of hydrogen-bond donors (Lipinski definition) is 2. The summed E-state index contributed by atoms with van der Waals surface area (Å²) >= 11 is 1.69. The molecule has 2 aromatic rings. The zero-order valence-corrected chi connectivity index (χ0v) is 18.0. The third-order valence-electron chi connectivity index (χ3n) is 3.29. The summed E-state index contributed by atoms with van der Waals surface area (Å²) in [7, 11) is 0.727. The average molecular weight is 478 g/mol. The topological polar surface area (TPSA) is 66.4 Å². The number of hydrogen-bond acceptors (Lipinski definition) is 4. The molecule has 1 heterocycles. The Hall–Kier alpha value is -1.00. The van der Waals surface area contributed by atoms with Crippen molar-refractivity contribution in [3.8, 4) is 0 Å². The van der Waals surface area contributed by atoms with Gasteiger partial charge in [-0.3, -0.25) is 9.20 Å². The minimum atomic E-state index is -0.997. The van der Waals surface area contributed by atoms with Gasteiger partial charge in [-0.05, 0) is 26.0 Å². The Kier molecular flexibility index (Phi) is 9.45. The second-order valence-corrected chi connectivity index (χ2v) is 7.82. The van der Waals surface area contributed by atoms with Crippen LogP contribution in [0.15, 0.2) is 40.2 Å². The molecule has 0 aliphatic heterocycles. The molecule has 1 aromatic heterocycles. The van der Waals surface area contributed by atoms with Crippen LogP contribution in [0.5, 0.6) is 0 Å². The lowest BCUT2D eigenvalue weighted by Crippen LogP contribution is -2.38. The number of nitrogens with zero attached hydrogens (tertiary/aromatic N) is 2. The van der Waals surface area contributed by atoms with E-state index in [0.29, 0.717) is 24.8 Å². The number of thiazole rings is 1. The lowest BCUT2D eigenvalue weighted by Gasteiger charge is -2.10. The molecule has 132 valence electrons. The molecule has 1 aromatic carbocycles. The fraction of sp³-hybridized carbons (Fsp3) is 0.375. The molecule has 5 nitrogen and oxygen atoms in total. The predicted octanol–water partition coefficient (Wildman–Crippen LogP) is 2.85. The predicted molar refractivity (Wildman–Crippen MR) is 113 cm³/mol. The maximum Gasteiger partial charge on any atom is 0.191 e. The van der Waals surface area contributed by atoms with Crippen LogP contribution in [0, 0.1) is 13.8 Å². The highest BCUT2D eigenvalue weighted by Gasteiger charge is 2.06. The molecule has 0 aliphatic rings. The molecule has 0 aliphatic carbocycles. The third-order valence-corrected chi connectivity index (χ3v) is 5.74. The van der Waals surface area contributed by atoms with Gasteiger partial charge in [0.15, 0.2) is 5.96 Å². The summed E-state index contributed by atoms with van der Waals surface area (Å²) in [6, 6.07) is 9.50. The lowest BCUT2D eigenvalue weighted by atomic mass is 10.4. The molecule has 1 unspecified atom stereocenters. The Morgan fingerprint density at radius 2 is 1.96 bits per heavy atom. The first kappa shape index (κ1) is 21.0. The fourth-order valence-electron chi connectivity index (χ4n) is 1.95. The van der Waals surface area contributed by atoms with Crippen molar-refractivity contribution >= 4 is 52.1 Å². The van der Waals surface area contributed by atoms with Crippen molar-refractivity contribution < 1.29 is 4.21 Å². The van der Waals surface area contributed by atoms with E-state index in [1.54, 1.807) is 18.4 Å². The van der Waals surface area contributed by atoms with Gasteiger partial charge in [0.1, 0.15) is 5.01 Å². The van der Waals surface area contributed by atoms with Crippen LogP contribution in [-0.4, -0.2) is 34.5 Å². The largest absolute Gasteiger partial charge is 0.355 e. The number of aromatic nitrogens is 1. The molecule has 8 heteroatoms. The van der Waals surface area contributed by atoms with E-state index in [1.165, 1.54) is 4.88 Å². The summed E-state index contributed by atoms with van der Waals surface area (Å²) in [6.45, 7) is 5.32. The Morgan fingerprint density at radius 1 is 1.25 bits per heavy atom. The summed E-state index contributed by atoms with van der Waals surface area (Å²) < 4.78 is 12.1. The summed E-state index contributed by atoms with van der Waals surface area (Å²) in [5.41, 5.74) is 1.08. The minimum absolute atomic E-state index is 0. The van der Waals surface area contributed by atoms with Crippen LogP contribution in [-0.2, 0) is 17.3 Å². The average Bonchev–Trinajstić information content (AvgIpc) is 2.89. The second kappa shape index (κ2) is 10.8. The quantitative estimate of drug-likeness (QED) is 0.381. The molecular formula is C16H23IN4OS2. The van der Waals surface area contributed by atoms with Gasteiger partial charge in [0.2, 0.25) is 0 Å². The summed E-state index contributed by atoms with van der Waals surface area (Å²) in [6.07, 6.45) is 0. The number of aliphatic imine (C=N–C) groups is 1.